The molecular weight excluding hydrogens is 346 g/mol. The molecule has 25 heavy (non-hydrogen) atoms. The van der Waals surface area contributed by atoms with E-state index in [1.807, 2.05) is 6.92 Å². The first-order valence-corrected chi connectivity index (χ1v) is 8.64. The largest absolute Gasteiger partial charge is 0.461 e. The number of ether oxygens (including phenoxy) is 3. The summed E-state index contributed by atoms with van der Waals surface area (Å²) in [7, 11) is 0. The number of carbonyl (C=O) groups excluding carboxylic acids is 3. The van der Waals surface area contributed by atoms with Crippen LogP contribution in [-0.4, -0.2) is 41.5 Å². The van der Waals surface area contributed by atoms with Crippen molar-refractivity contribution >= 4 is 35.0 Å². The molecule has 1 atom stereocenters. The first kappa shape index (κ1) is 17.3. The molecule has 0 unspecified atom stereocenters. The number of hydrogen-bond donors (Lipinski definition) is 0. The Bertz CT molecular complexity index is 760. The predicted octanol–water partition coefficient (Wildman–Crippen LogP) is 2.79. The zero-order chi connectivity index (χ0) is 18.0. The molecule has 0 spiro atoms. The van der Waals surface area contributed by atoms with Gasteiger partial charge in [0.15, 0.2) is 11.5 Å². The van der Waals surface area contributed by atoms with Crippen LogP contribution in [0.2, 0.25) is 0 Å². The Labute approximate surface area is 148 Å². The van der Waals surface area contributed by atoms with Gasteiger partial charge in [-0.15, -0.1) is 0 Å². The van der Waals surface area contributed by atoms with Crippen LogP contribution in [0.3, 0.4) is 0 Å². The van der Waals surface area contributed by atoms with Crippen molar-refractivity contribution in [1.82, 2.24) is 4.90 Å². The average molecular weight is 363 g/mol. The highest BCUT2D eigenvalue weighted by atomic mass is 32.2. The zero-order valence-corrected chi connectivity index (χ0v) is 14.6. The van der Waals surface area contributed by atoms with Gasteiger partial charge in [0, 0.05) is 0 Å². The number of rotatable bonds is 5. The third-order valence-corrected chi connectivity index (χ3v) is 4.67. The van der Waals surface area contributed by atoms with Gasteiger partial charge in [0.05, 0.1) is 11.0 Å². The van der Waals surface area contributed by atoms with Crippen LogP contribution >= 0.6 is 11.8 Å². The SMILES string of the molecule is CC[C@@H](C)OC(=O)CN1C(=O)S/C(=C/c2ccc3c(c2)OCO3)C1=O. The fourth-order valence-electron chi connectivity index (χ4n) is 2.26. The lowest BCUT2D eigenvalue weighted by Gasteiger charge is -2.14. The molecule has 8 heteroatoms. The fraction of sp³-hybridized carbons (Fsp3) is 0.353. The van der Waals surface area contributed by atoms with Gasteiger partial charge in [0.2, 0.25) is 6.79 Å². The van der Waals surface area contributed by atoms with E-state index in [1.54, 1.807) is 31.2 Å². The van der Waals surface area contributed by atoms with Crippen molar-refractivity contribution in [2.24, 2.45) is 0 Å². The molecule has 1 fully saturated rings. The van der Waals surface area contributed by atoms with Crippen LogP contribution < -0.4 is 9.47 Å². The van der Waals surface area contributed by atoms with Crippen molar-refractivity contribution in [2.75, 3.05) is 13.3 Å². The average Bonchev–Trinajstić information content (AvgIpc) is 3.14. The quantitative estimate of drug-likeness (QED) is 0.588. The minimum atomic E-state index is -0.596. The lowest BCUT2D eigenvalue weighted by Crippen LogP contribution is -2.35. The summed E-state index contributed by atoms with van der Waals surface area (Å²) in [6.07, 6.45) is 2.00. The zero-order valence-electron chi connectivity index (χ0n) is 13.8. The number of thioether (sulfide) groups is 1. The molecule has 0 aromatic heterocycles. The van der Waals surface area contributed by atoms with Gasteiger partial charge >= 0.3 is 5.97 Å². The van der Waals surface area contributed by atoms with Crippen LogP contribution in [0.5, 0.6) is 11.5 Å². The van der Waals surface area contributed by atoms with E-state index in [2.05, 4.69) is 0 Å². The topological polar surface area (TPSA) is 82.1 Å². The van der Waals surface area contributed by atoms with Crippen LogP contribution in [0.25, 0.3) is 6.08 Å². The molecule has 1 aromatic rings. The van der Waals surface area contributed by atoms with Gasteiger partial charge in [-0.1, -0.05) is 13.0 Å². The Balaban J connectivity index is 1.71. The van der Waals surface area contributed by atoms with Gasteiger partial charge in [-0.3, -0.25) is 19.3 Å². The van der Waals surface area contributed by atoms with E-state index in [1.165, 1.54) is 0 Å². The van der Waals surface area contributed by atoms with Crippen molar-refractivity contribution in [3.63, 3.8) is 0 Å². The lowest BCUT2D eigenvalue weighted by atomic mass is 10.2. The summed E-state index contributed by atoms with van der Waals surface area (Å²) in [6.45, 7) is 3.42. The number of imide groups is 1. The van der Waals surface area contributed by atoms with E-state index in [0.717, 1.165) is 16.7 Å². The third-order valence-electron chi connectivity index (χ3n) is 3.76. The van der Waals surface area contributed by atoms with Crippen molar-refractivity contribution < 1.29 is 28.6 Å². The van der Waals surface area contributed by atoms with Gasteiger partial charge < -0.3 is 14.2 Å². The van der Waals surface area contributed by atoms with Crippen LogP contribution in [0.15, 0.2) is 23.1 Å². The molecule has 0 N–H and O–H groups in total. The monoisotopic (exact) mass is 363 g/mol. The van der Waals surface area contributed by atoms with E-state index >= 15 is 0 Å². The normalized spacial score (nSPS) is 18.8. The summed E-state index contributed by atoms with van der Waals surface area (Å²) < 4.78 is 15.6. The summed E-state index contributed by atoms with van der Waals surface area (Å²) in [6, 6.07) is 5.23. The summed E-state index contributed by atoms with van der Waals surface area (Å²) in [5.74, 6) is 0.123. The number of carbonyl (C=O) groups is 3. The number of fused-ring (bicyclic) bond motifs is 1. The van der Waals surface area contributed by atoms with E-state index < -0.39 is 17.1 Å². The molecular formula is C17H17NO6S. The molecule has 2 amide bonds. The van der Waals surface area contributed by atoms with Crippen molar-refractivity contribution in [3.8, 4) is 11.5 Å². The summed E-state index contributed by atoms with van der Waals surface area (Å²) >= 11 is 0.795. The van der Waals surface area contributed by atoms with Gasteiger partial charge in [0.1, 0.15) is 6.54 Å². The maximum atomic E-state index is 12.4. The third kappa shape index (κ3) is 3.79. The highest BCUT2D eigenvalue weighted by Crippen LogP contribution is 2.36. The molecule has 7 nitrogen and oxygen atoms in total. The summed E-state index contributed by atoms with van der Waals surface area (Å²) in [5.41, 5.74) is 0.705. The molecule has 1 saturated heterocycles. The second kappa shape index (κ2) is 7.18. The van der Waals surface area contributed by atoms with Crippen molar-refractivity contribution in [2.45, 2.75) is 26.4 Å². The number of nitrogens with zero attached hydrogens (tertiary/aromatic N) is 1. The maximum Gasteiger partial charge on any atom is 0.326 e. The van der Waals surface area contributed by atoms with Gasteiger partial charge in [-0.25, -0.2) is 0 Å². The number of hydrogen-bond acceptors (Lipinski definition) is 7. The van der Waals surface area contributed by atoms with Crippen molar-refractivity contribution in [1.29, 1.82) is 0 Å². The number of benzene rings is 1. The Morgan fingerprint density at radius 3 is 2.88 bits per heavy atom. The minimum Gasteiger partial charge on any atom is -0.461 e. The van der Waals surface area contributed by atoms with Crippen LogP contribution in [0.1, 0.15) is 25.8 Å². The standard InChI is InChI=1S/C17H17NO6S/c1-3-10(2)24-15(19)8-18-16(20)14(25-17(18)21)7-11-4-5-12-13(6-11)23-9-22-12/h4-7,10H,3,8-9H2,1-2H3/b14-7+/t10-/m1/s1. The second-order valence-electron chi connectivity index (χ2n) is 5.59. The Morgan fingerprint density at radius 2 is 2.12 bits per heavy atom. The first-order valence-electron chi connectivity index (χ1n) is 7.82. The molecule has 1 aromatic carbocycles. The Hall–Kier alpha value is -2.48. The van der Waals surface area contributed by atoms with E-state index in [0.29, 0.717) is 23.5 Å². The molecule has 0 radical (unpaired) electrons. The molecule has 3 rings (SSSR count). The Kier molecular flexibility index (Phi) is 4.98. The maximum absolute atomic E-state index is 12.4. The van der Waals surface area contributed by atoms with Crippen LogP contribution in [0, 0.1) is 0 Å². The highest BCUT2D eigenvalue weighted by Gasteiger charge is 2.36. The number of amides is 2. The molecule has 2 aliphatic heterocycles. The molecule has 0 bridgehead atoms. The van der Waals surface area contributed by atoms with Crippen LogP contribution in [-0.2, 0) is 14.3 Å². The van der Waals surface area contributed by atoms with Crippen LogP contribution in [0.4, 0.5) is 4.79 Å². The molecule has 0 aliphatic carbocycles. The van der Waals surface area contributed by atoms with E-state index in [-0.39, 0.29) is 24.3 Å². The smallest absolute Gasteiger partial charge is 0.326 e. The first-order chi connectivity index (χ1) is 12.0. The molecule has 0 saturated carbocycles. The highest BCUT2D eigenvalue weighted by molar-refractivity contribution is 8.18. The lowest BCUT2D eigenvalue weighted by molar-refractivity contribution is -0.150. The molecule has 2 heterocycles. The summed E-state index contributed by atoms with van der Waals surface area (Å²) in [5, 5.41) is -0.488. The Morgan fingerprint density at radius 1 is 1.36 bits per heavy atom. The van der Waals surface area contributed by atoms with Crippen molar-refractivity contribution in [3.05, 3.63) is 28.7 Å². The fourth-order valence-corrected chi connectivity index (χ4v) is 3.10. The van der Waals surface area contributed by atoms with Gasteiger partial charge in [-0.2, -0.15) is 0 Å². The predicted molar refractivity (Wildman–Crippen MR) is 91.1 cm³/mol. The van der Waals surface area contributed by atoms with E-state index in [9.17, 15) is 14.4 Å². The molecule has 2 aliphatic rings. The van der Waals surface area contributed by atoms with Gasteiger partial charge in [0.25, 0.3) is 11.1 Å². The minimum absolute atomic E-state index is 0.160. The molecule has 132 valence electrons. The number of esters is 1. The summed E-state index contributed by atoms with van der Waals surface area (Å²) in [4.78, 5) is 37.4. The van der Waals surface area contributed by atoms with Gasteiger partial charge in [-0.05, 0) is 48.9 Å². The second-order valence-corrected chi connectivity index (χ2v) is 6.58. The van der Waals surface area contributed by atoms with E-state index in [4.69, 9.17) is 14.2 Å².